The first-order valence-electron chi connectivity index (χ1n) is 6.03. The lowest BCUT2D eigenvalue weighted by molar-refractivity contribution is 0.582. The average Bonchev–Trinajstić information content (AvgIpc) is 2.40. The molecule has 0 aliphatic heterocycles. The molecule has 1 unspecified atom stereocenters. The molecule has 0 bridgehead atoms. The van der Waals surface area contributed by atoms with Crippen molar-refractivity contribution in [2.24, 2.45) is 11.0 Å². The summed E-state index contributed by atoms with van der Waals surface area (Å²) in [4.78, 5) is 2.45. The van der Waals surface area contributed by atoms with Crippen LogP contribution in [0.1, 0.15) is 19.3 Å². The summed E-state index contributed by atoms with van der Waals surface area (Å²) in [7, 11) is -3.56. The minimum Gasteiger partial charge on any atom is -0.200 e. The van der Waals surface area contributed by atoms with E-state index in [0.29, 0.717) is 5.92 Å². The first-order chi connectivity index (χ1) is 9.08. The van der Waals surface area contributed by atoms with E-state index >= 15 is 0 Å². The van der Waals surface area contributed by atoms with Crippen molar-refractivity contribution in [2.75, 3.05) is 0 Å². The predicted octanol–water partition coefficient (Wildman–Crippen LogP) is 3.07. The maximum atomic E-state index is 11.9. The van der Waals surface area contributed by atoms with Crippen molar-refractivity contribution in [1.82, 2.24) is 4.83 Å². The molecule has 1 aliphatic rings. The van der Waals surface area contributed by atoms with Crippen molar-refractivity contribution in [3.05, 3.63) is 40.9 Å². The van der Waals surface area contributed by atoms with E-state index in [1.165, 1.54) is 12.1 Å². The van der Waals surface area contributed by atoms with Crippen LogP contribution in [-0.2, 0) is 10.0 Å². The topological polar surface area (TPSA) is 58.5 Å². The summed E-state index contributed by atoms with van der Waals surface area (Å²) in [5, 5.41) is 3.86. The minimum atomic E-state index is -3.56. The molecule has 6 heteroatoms. The van der Waals surface area contributed by atoms with Gasteiger partial charge in [0.2, 0.25) is 0 Å². The van der Waals surface area contributed by atoms with Crippen molar-refractivity contribution in [3.63, 3.8) is 0 Å². The normalized spacial score (nSPS) is 19.7. The smallest absolute Gasteiger partial charge is 0.200 e. The molecule has 4 nitrogen and oxygen atoms in total. The molecule has 2 rings (SSSR count). The Morgan fingerprint density at radius 2 is 2.00 bits per heavy atom. The van der Waals surface area contributed by atoms with Crippen molar-refractivity contribution >= 4 is 32.2 Å². The number of halogens is 1. The molecule has 0 saturated carbocycles. The van der Waals surface area contributed by atoms with Crippen LogP contribution in [0, 0.1) is 5.92 Å². The van der Waals surface area contributed by atoms with E-state index in [1.807, 2.05) is 0 Å². The fraction of sp³-hybridized carbons (Fsp3) is 0.308. The first-order valence-corrected chi connectivity index (χ1v) is 8.31. The third-order valence-electron chi connectivity index (χ3n) is 2.89. The summed E-state index contributed by atoms with van der Waals surface area (Å²) >= 11 is 3.27. The summed E-state index contributed by atoms with van der Waals surface area (Å²) < 4.78 is 24.7. The molecule has 1 aliphatic carbocycles. The summed E-state index contributed by atoms with van der Waals surface area (Å²) in [6.45, 7) is 0. The van der Waals surface area contributed by atoms with Gasteiger partial charge in [0.15, 0.2) is 0 Å². The molecule has 1 atom stereocenters. The number of rotatable bonds is 4. The Morgan fingerprint density at radius 1 is 1.26 bits per heavy atom. The largest absolute Gasteiger partial charge is 0.276 e. The highest BCUT2D eigenvalue weighted by Gasteiger charge is 2.12. The van der Waals surface area contributed by atoms with Gasteiger partial charge in [0, 0.05) is 10.7 Å². The summed E-state index contributed by atoms with van der Waals surface area (Å²) in [6.07, 6.45) is 8.87. The number of hydrogen-bond acceptors (Lipinski definition) is 3. The van der Waals surface area contributed by atoms with Gasteiger partial charge in [0.05, 0.1) is 4.90 Å². The van der Waals surface area contributed by atoms with Crippen LogP contribution in [0.4, 0.5) is 0 Å². The maximum Gasteiger partial charge on any atom is 0.276 e. The Hall–Kier alpha value is -1.14. The quantitative estimate of drug-likeness (QED) is 0.519. The Bertz CT molecular complexity index is 579. The molecule has 0 aromatic heterocycles. The van der Waals surface area contributed by atoms with E-state index in [0.717, 1.165) is 23.7 Å². The number of nitrogens with one attached hydrogen (secondary N) is 1. The molecular formula is C13H15BrN2O2S. The predicted molar refractivity (Wildman–Crippen MR) is 79.4 cm³/mol. The Labute approximate surface area is 121 Å². The van der Waals surface area contributed by atoms with Gasteiger partial charge in [0.1, 0.15) is 0 Å². The van der Waals surface area contributed by atoms with Crippen molar-refractivity contribution < 1.29 is 8.42 Å². The number of sulfonamides is 1. The zero-order chi connectivity index (χ0) is 13.7. The second kappa shape index (κ2) is 6.34. The van der Waals surface area contributed by atoms with Gasteiger partial charge >= 0.3 is 0 Å². The molecular weight excluding hydrogens is 328 g/mol. The molecule has 102 valence electrons. The van der Waals surface area contributed by atoms with Gasteiger partial charge in [-0.2, -0.15) is 13.5 Å². The molecule has 0 saturated heterocycles. The van der Waals surface area contributed by atoms with Crippen molar-refractivity contribution in [3.8, 4) is 0 Å². The lowest BCUT2D eigenvalue weighted by Gasteiger charge is -2.12. The molecule has 0 fully saturated rings. The van der Waals surface area contributed by atoms with Gasteiger partial charge in [-0.05, 0) is 49.4 Å². The van der Waals surface area contributed by atoms with Gasteiger partial charge in [-0.15, -0.1) is 0 Å². The van der Waals surface area contributed by atoms with Crippen LogP contribution in [0.15, 0.2) is 50.9 Å². The number of hydrazone groups is 1. The van der Waals surface area contributed by atoms with E-state index in [1.54, 1.807) is 18.3 Å². The van der Waals surface area contributed by atoms with Crippen LogP contribution in [0.3, 0.4) is 0 Å². The Kier molecular flexibility index (Phi) is 4.76. The lowest BCUT2D eigenvalue weighted by atomic mass is 9.96. The molecule has 19 heavy (non-hydrogen) atoms. The monoisotopic (exact) mass is 342 g/mol. The van der Waals surface area contributed by atoms with Crippen LogP contribution in [0.2, 0.25) is 0 Å². The minimum absolute atomic E-state index is 0.205. The molecule has 1 aromatic rings. The fourth-order valence-electron chi connectivity index (χ4n) is 1.82. The van der Waals surface area contributed by atoms with Gasteiger partial charge in [-0.25, -0.2) is 4.83 Å². The number of nitrogens with zero attached hydrogens (tertiary/aromatic N) is 1. The van der Waals surface area contributed by atoms with E-state index in [4.69, 9.17) is 0 Å². The highest BCUT2D eigenvalue weighted by molar-refractivity contribution is 9.10. The van der Waals surface area contributed by atoms with Crippen LogP contribution < -0.4 is 4.83 Å². The van der Waals surface area contributed by atoms with Gasteiger partial charge in [-0.3, -0.25) is 0 Å². The molecule has 1 N–H and O–H groups in total. The van der Waals surface area contributed by atoms with Crippen LogP contribution in [0.25, 0.3) is 0 Å². The van der Waals surface area contributed by atoms with Crippen LogP contribution in [0.5, 0.6) is 0 Å². The van der Waals surface area contributed by atoms with E-state index in [9.17, 15) is 8.42 Å². The van der Waals surface area contributed by atoms with E-state index in [2.05, 4.69) is 38.0 Å². The lowest BCUT2D eigenvalue weighted by Crippen LogP contribution is -2.19. The number of hydrogen-bond donors (Lipinski definition) is 1. The second-order valence-electron chi connectivity index (χ2n) is 4.37. The highest BCUT2D eigenvalue weighted by atomic mass is 79.9. The van der Waals surface area contributed by atoms with Gasteiger partial charge < -0.3 is 0 Å². The van der Waals surface area contributed by atoms with Crippen LogP contribution >= 0.6 is 15.9 Å². The van der Waals surface area contributed by atoms with E-state index < -0.39 is 10.0 Å². The molecule has 0 radical (unpaired) electrons. The molecule has 0 heterocycles. The Balaban J connectivity index is 1.99. The number of benzene rings is 1. The second-order valence-corrected chi connectivity index (χ2v) is 6.95. The fourth-order valence-corrected chi connectivity index (χ4v) is 2.89. The average molecular weight is 343 g/mol. The van der Waals surface area contributed by atoms with Crippen LogP contribution in [-0.4, -0.2) is 14.6 Å². The highest BCUT2D eigenvalue weighted by Crippen LogP contribution is 2.16. The maximum absolute atomic E-state index is 11.9. The van der Waals surface area contributed by atoms with Crippen molar-refractivity contribution in [1.29, 1.82) is 0 Å². The zero-order valence-electron chi connectivity index (χ0n) is 10.3. The number of allylic oxidation sites excluding steroid dienone is 2. The zero-order valence-corrected chi connectivity index (χ0v) is 12.7. The SMILES string of the molecule is O=S(=O)(N/N=C/C1CC=CCC1)c1ccc(Br)cc1. The third-order valence-corrected chi connectivity index (χ3v) is 4.66. The molecule has 1 aromatic carbocycles. The molecule has 0 spiro atoms. The summed E-state index contributed by atoms with van der Waals surface area (Å²) in [6, 6.07) is 6.44. The summed E-state index contributed by atoms with van der Waals surface area (Å²) in [5.41, 5.74) is 0. The first kappa shape index (κ1) is 14.3. The third kappa shape index (κ3) is 4.18. The summed E-state index contributed by atoms with van der Waals surface area (Å²) in [5.74, 6) is 0.317. The van der Waals surface area contributed by atoms with Crippen molar-refractivity contribution in [2.45, 2.75) is 24.2 Å². The standard InChI is InChI=1S/C13H15BrN2O2S/c14-12-6-8-13(9-7-12)19(17,18)16-15-10-11-4-2-1-3-5-11/h1-2,6-11,16H,3-5H2/b15-10+. The van der Waals surface area contributed by atoms with Gasteiger partial charge in [0.25, 0.3) is 10.0 Å². The van der Waals surface area contributed by atoms with Gasteiger partial charge in [-0.1, -0.05) is 28.1 Å². The molecule has 0 amide bonds. The van der Waals surface area contributed by atoms with E-state index in [-0.39, 0.29) is 4.90 Å². The Morgan fingerprint density at radius 3 is 2.63 bits per heavy atom.